The summed E-state index contributed by atoms with van der Waals surface area (Å²) in [5, 5.41) is 12.3. The fourth-order valence-electron chi connectivity index (χ4n) is 5.47. The summed E-state index contributed by atoms with van der Waals surface area (Å²) in [6, 6.07) is 8.68. The zero-order valence-electron chi connectivity index (χ0n) is 22.3. The average molecular weight is 540 g/mol. The molecule has 1 atom stereocenters. The highest BCUT2D eigenvalue weighted by Gasteiger charge is 2.38. The van der Waals surface area contributed by atoms with Gasteiger partial charge in [-0.1, -0.05) is 12.1 Å². The number of likely N-dealkylation sites (N-methyl/N-ethyl adjacent to an activating group) is 1. The number of hydrogen-bond donors (Lipinski definition) is 1. The molecule has 1 unspecified atom stereocenters. The van der Waals surface area contributed by atoms with Crippen LogP contribution in [0.5, 0.6) is 0 Å². The van der Waals surface area contributed by atoms with E-state index in [1.807, 2.05) is 0 Å². The van der Waals surface area contributed by atoms with Gasteiger partial charge in [-0.05, 0) is 87.1 Å². The molecule has 1 fully saturated rings. The number of benzene rings is 2. The van der Waals surface area contributed by atoms with Crippen LogP contribution >= 0.6 is 0 Å². The number of carbonyl (C=O) groups is 2. The van der Waals surface area contributed by atoms with Crippen LogP contribution in [0.2, 0.25) is 0 Å². The fraction of sp³-hybridized carbons (Fsp3) is 0.414. The number of nitrogens with one attached hydrogen (secondary N) is 1. The molecule has 2 heterocycles. The maximum atomic E-state index is 14.0. The van der Waals surface area contributed by atoms with Crippen LogP contribution in [0, 0.1) is 28.8 Å². The van der Waals surface area contributed by atoms with E-state index in [1.54, 1.807) is 20.0 Å². The molecular weight excluding hydrogens is 507 g/mol. The van der Waals surface area contributed by atoms with Gasteiger partial charge < -0.3 is 20.0 Å². The Bertz CT molecular complexity index is 1330. The van der Waals surface area contributed by atoms with Crippen LogP contribution in [0.15, 0.2) is 47.7 Å². The first-order valence-corrected chi connectivity index (χ1v) is 13.0. The Labute approximate surface area is 226 Å². The second-order valence-electron chi connectivity index (χ2n) is 10.1. The van der Waals surface area contributed by atoms with Crippen molar-refractivity contribution in [2.45, 2.75) is 38.1 Å². The molecule has 206 valence electrons. The number of carbonyl (C=O) groups excluding carboxylic acids is 2. The summed E-state index contributed by atoms with van der Waals surface area (Å²) in [5.41, 5.74) is 2.35. The van der Waals surface area contributed by atoms with E-state index in [2.05, 4.69) is 16.3 Å². The molecule has 2 aromatic carbocycles. The molecule has 0 radical (unpaired) electrons. The van der Waals surface area contributed by atoms with E-state index in [0.717, 1.165) is 50.2 Å². The van der Waals surface area contributed by atoms with Crippen LogP contribution in [0.25, 0.3) is 0 Å². The molecular formula is C29H32F3N5O2. The van der Waals surface area contributed by atoms with E-state index in [4.69, 9.17) is 0 Å². The maximum absolute atomic E-state index is 14.0. The van der Waals surface area contributed by atoms with Crippen molar-refractivity contribution in [3.8, 4) is 6.07 Å². The monoisotopic (exact) mass is 539 g/mol. The van der Waals surface area contributed by atoms with Gasteiger partial charge in [-0.25, -0.2) is 18.0 Å². The summed E-state index contributed by atoms with van der Waals surface area (Å²) in [6.07, 6.45) is 2.42. The number of rotatable bonds is 7. The Morgan fingerprint density at radius 1 is 1.08 bits per heavy atom. The fourth-order valence-corrected chi connectivity index (χ4v) is 5.47. The quantitative estimate of drug-likeness (QED) is 0.519. The predicted octanol–water partition coefficient (Wildman–Crippen LogP) is 4.67. The van der Waals surface area contributed by atoms with Gasteiger partial charge in [0, 0.05) is 26.3 Å². The van der Waals surface area contributed by atoms with Crippen molar-refractivity contribution >= 4 is 11.9 Å². The SMILES string of the molecule is CC1=C(C(=O)NCCCN2CCC(c3ccc(F)cc3C#N)CC2)C(c2ccc(F)c(F)c2)N(C)C(=O)N1C. The number of nitriles is 1. The first-order chi connectivity index (χ1) is 18.6. The highest BCUT2D eigenvalue weighted by Crippen LogP contribution is 2.36. The molecule has 2 aromatic rings. The molecule has 0 aromatic heterocycles. The van der Waals surface area contributed by atoms with Gasteiger partial charge in [0.25, 0.3) is 5.91 Å². The van der Waals surface area contributed by atoms with E-state index < -0.39 is 23.5 Å². The van der Waals surface area contributed by atoms with Gasteiger partial charge in [-0.3, -0.25) is 4.79 Å². The van der Waals surface area contributed by atoms with Crippen LogP contribution in [-0.2, 0) is 4.79 Å². The molecule has 10 heteroatoms. The molecule has 2 aliphatic heterocycles. The van der Waals surface area contributed by atoms with Crippen molar-refractivity contribution in [1.82, 2.24) is 20.0 Å². The van der Waals surface area contributed by atoms with Crippen molar-refractivity contribution in [2.75, 3.05) is 40.3 Å². The third-order valence-electron chi connectivity index (χ3n) is 7.75. The Morgan fingerprint density at radius 2 is 1.79 bits per heavy atom. The van der Waals surface area contributed by atoms with E-state index in [-0.39, 0.29) is 17.9 Å². The molecule has 4 rings (SSSR count). The zero-order chi connectivity index (χ0) is 28.3. The summed E-state index contributed by atoms with van der Waals surface area (Å²) in [4.78, 5) is 31.0. The number of halogens is 3. The average Bonchev–Trinajstić information content (AvgIpc) is 2.93. The predicted molar refractivity (Wildman–Crippen MR) is 140 cm³/mol. The number of urea groups is 1. The Kier molecular flexibility index (Phi) is 8.60. The van der Waals surface area contributed by atoms with Gasteiger partial charge >= 0.3 is 6.03 Å². The van der Waals surface area contributed by atoms with Crippen molar-refractivity contribution in [2.24, 2.45) is 0 Å². The summed E-state index contributed by atoms with van der Waals surface area (Å²) in [6.45, 7) is 4.50. The van der Waals surface area contributed by atoms with E-state index in [9.17, 15) is 28.0 Å². The van der Waals surface area contributed by atoms with Gasteiger partial charge in [-0.15, -0.1) is 0 Å². The van der Waals surface area contributed by atoms with E-state index in [0.29, 0.717) is 35.4 Å². The molecule has 39 heavy (non-hydrogen) atoms. The topological polar surface area (TPSA) is 79.7 Å². The van der Waals surface area contributed by atoms with Gasteiger partial charge in [0.05, 0.1) is 23.2 Å². The first-order valence-electron chi connectivity index (χ1n) is 13.0. The van der Waals surface area contributed by atoms with Crippen molar-refractivity contribution in [3.05, 3.63) is 81.8 Å². The second kappa shape index (κ2) is 11.9. The lowest BCUT2D eigenvalue weighted by molar-refractivity contribution is -0.118. The number of amides is 3. The number of allylic oxidation sites excluding steroid dienone is 1. The number of piperidine rings is 1. The van der Waals surface area contributed by atoms with Crippen LogP contribution < -0.4 is 5.32 Å². The minimum absolute atomic E-state index is 0.210. The van der Waals surface area contributed by atoms with Crippen molar-refractivity contribution in [1.29, 1.82) is 5.26 Å². The third-order valence-corrected chi connectivity index (χ3v) is 7.75. The zero-order valence-corrected chi connectivity index (χ0v) is 22.3. The summed E-state index contributed by atoms with van der Waals surface area (Å²) in [5.74, 6) is -2.61. The lowest BCUT2D eigenvalue weighted by atomic mass is 9.86. The Hall–Kier alpha value is -3.84. The van der Waals surface area contributed by atoms with Gasteiger partial charge in [0.15, 0.2) is 11.6 Å². The minimum atomic E-state index is -1.04. The standard InChI is InChI=1S/C29H32F3N5O2/c1-18-26(27(36(3)29(39)35(18)2)20-5-8-24(31)25(32)16-20)28(38)34-11-4-12-37-13-9-19(10-14-37)23-7-6-22(30)15-21(23)17-33/h5-8,15-16,19,27H,4,9-14H2,1-3H3,(H,34,38). The Morgan fingerprint density at radius 3 is 2.46 bits per heavy atom. The Balaban J connectivity index is 1.35. The van der Waals surface area contributed by atoms with Crippen molar-refractivity contribution < 1.29 is 22.8 Å². The van der Waals surface area contributed by atoms with Gasteiger partial charge in [0.2, 0.25) is 0 Å². The third kappa shape index (κ3) is 5.93. The van der Waals surface area contributed by atoms with Gasteiger partial charge in [-0.2, -0.15) is 5.26 Å². The number of likely N-dealkylation sites (tertiary alicyclic amines) is 1. The molecule has 0 saturated carbocycles. The molecule has 7 nitrogen and oxygen atoms in total. The van der Waals surface area contributed by atoms with Gasteiger partial charge in [0.1, 0.15) is 5.82 Å². The molecule has 0 spiro atoms. The first kappa shape index (κ1) is 28.2. The minimum Gasteiger partial charge on any atom is -0.352 e. The highest BCUT2D eigenvalue weighted by atomic mass is 19.2. The number of nitrogens with zero attached hydrogens (tertiary/aromatic N) is 4. The van der Waals surface area contributed by atoms with E-state index >= 15 is 0 Å². The van der Waals surface area contributed by atoms with E-state index in [1.165, 1.54) is 35.0 Å². The lowest BCUT2D eigenvalue weighted by Gasteiger charge is -2.40. The molecule has 2 aliphatic rings. The smallest absolute Gasteiger partial charge is 0.324 e. The molecule has 1 N–H and O–H groups in total. The second-order valence-corrected chi connectivity index (χ2v) is 10.1. The van der Waals surface area contributed by atoms with Crippen molar-refractivity contribution in [3.63, 3.8) is 0 Å². The molecule has 3 amide bonds. The molecule has 1 saturated heterocycles. The normalized spacial score (nSPS) is 18.9. The maximum Gasteiger partial charge on any atom is 0.324 e. The highest BCUT2D eigenvalue weighted by molar-refractivity contribution is 5.98. The van der Waals surface area contributed by atoms with Crippen LogP contribution in [0.1, 0.15) is 54.8 Å². The summed E-state index contributed by atoms with van der Waals surface area (Å²) < 4.78 is 41.1. The molecule has 0 aliphatic carbocycles. The largest absolute Gasteiger partial charge is 0.352 e. The van der Waals surface area contributed by atoms with Crippen LogP contribution in [0.4, 0.5) is 18.0 Å². The van der Waals surface area contributed by atoms with Crippen LogP contribution in [0.3, 0.4) is 0 Å². The number of hydrogen-bond acceptors (Lipinski definition) is 4. The summed E-state index contributed by atoms with van der Waals surface area (Å²) in [7, 11) is 3.09. The summed E-state index contributed by atoms with van der Waals surface area (Å²) >= 11 is 0. The van der Waals surface area contributed by atoms with Crippen LogP contribution in [-0.4, -0.2) is 66.9 Å². The lowest BCUT2D eigenvalue weighted by Crippen LogP contribution is -2.48. The molecule has 0 bridgehead atoms.